The van der Waals surface area contributed by atoms with Gasteiger partial charge < -0.3 is 29.3 Å². The minimum absolute atomic E-state index is 0.00973. The Balaban J connectivity index is 1.46. The predicted octanol–water partition coefficient (Wildman–Crippen LogP) is 3.63. The van der Waals surface area contributed by atoms with Crippen LogP contribution in [0.2, 0.25) is 5.02 Å². The number of carbonyl (C=O) groups is 2. The highest BCUT2D eigenvalue weighted by Gasteiger charge is 2.32. The highest BCUT2D eigenvalue weighted by molar-refractivity contribution is 6.33. The molecular formula is C27H25ClF3N7O5. The predicted molar refractivity (Wildman–Crippen MR) is 149 cm³/mol. The first-order valence-electron chi connectivity index (χ1n) is 13.1. The first-order chi connectivity index (χ1) is 20.4. The zero-order valence-corrected chi connectivity index (χ0v) is 23.7. The van der Waals surface area contributed by atoms with Gasteiger partial charge in [-0.1, -0.05) is 23.7 Å². The Morgan fingerprint density at radius 1 is 1.19 bits per heavy atom. The van der Waals surface area contributed by atoms with E-state index in [1.165, 1.54) is 11.1 Å². The number of fused-ring (bicyclic) bond motifs is 1. The van der Waals surface area contributed by atoms with Gasteiger partial charge in [0.25, 0.3) is 5.91 Å². The van der Waals surface area contributed by atoms with Gasteiger partial charge in [-0.3, -0.25) is 14.4 Å². The van der Waals surface area contributed by atoms with Crippen molar-refractivity contribution in [2.45, 2.75) is 33.0 Å². The normalized spacial score (nSPS) is 13.9. The molecule has 0 radical (unpaired) electrons. The van der Waals surface area contributed by atoms with Gasteiger partial charge in [-0.15, -0.1) is 0 Å². The number of anilines is 2. The minimum Gasteiger partial charge on any atom is -0.503 e. The monoisotopic (exact) mass is 619 g/mol. The van der Waals surface area contributed by atoms with Gasteiger partial charge in [-0.25, -0.2) is 9.97 Å². The smallest absolute Gasteiger partial charge is 0.416 e. The molecule has 0 saturated carbocycles. The molecule has 1 aliphatic rings. The average molecular weight is 620 g/mol. The number of nitrogens with one attached hydrogen (secondary N) is 1. The Kier molecular flexibility index (Phi) is 8.01. The van der Waals surface area contributed by atoms with Crippen LogP contribution < -0.4 is 15.6 Å². The highest BCUT2D eigenvalue weighted by atomic mass is 35.5. The van der Waals surface area contributed by atoms with Crippen LogP contribution in [-0.4, -0.2) is 67.7 Å². The van der Waals surface area contributed by atoms with Gasteiger partial charge in [0, 0.05) is 38.1 Å². The van der Waals surface area contributed by atoms with Crippen molar-refractivity contribution in [2.24, 2.45) is 0 Å². The number of hydrogen-bond acceptors (Lipinski definition) is 9. The van der Waals surface area contributed by atoms with Gasteiger partial charge in [0.1, 0.15) is 12.2 Å². The van der Waals surface area contributed by atoms with Crippen LogP contribution in [0.4, 0.5) is 24.5 Å². The van der Waals surface area contributed by atoms with Crippen molar-refractivity contribution in [3.8, 4) is 5.75 Å². The van der Waals surface area contributed by atoms with Crippen molar-refractivity contribution < 1.29 is 32.4 Å². The van der Waals surface area contributed by atoms with Crippen LogP contribution in [0.15, 0.2) is 40.0 Å². The third kappa shape index (κ3) is 5.84. The van der Waals surface area contributed by atoms with E-state index in [9.17, 15) is 32.7 Å². The van der Waals surface area contributed by atoms with Crippen molar-refractivity contribution in [3.63, 3.8) is 0 Å². The number of amides is 2. The fourth-order valence-corrected chi connectivity index (χ4v) is 5.18. The lowest BCUT2D eigenvalue weighted by Crippen LogP contribution is -2.50. The standard InChI is InChI=1S/C27H25ClF3N7O5/c1-3-18-23(36-6-8-37(9-7-36)26(42)21-19(39)13-43-35-21)24(41)22-25(33-14(2)11-32-22)38(18)12-20(40)34-17-5-4-15(10-16(17)28)27(29,30)31/h4-5,10-11,13,39H,3,6-9,12H2,1-2H3,(H,34,40). The molecule has 2 amide bonds. The summed E-state index contributed by atoms with van der Waals surface area (Å²) in [5.74, 6) is -1.50. The molecule has 3 aromatic heterocycles. The molecule has 12 nitrogen and oxygen atoms in total. The highest BCUT2D eigenvalue weighted by Crippen LogP contribution is 2.34. The number of halogens is 4. The van der Waals surface area contributed by atoms with Gasteiger partial charge in [0.2, 0.25) is 17.0 Å². The van der Waals surface area contributed by atoms with Crippen LogP contribution in [0.25, 0.3) is 11.2 Å². The largest absolute Gasteiger partial charge is 0.503 e. The Morgan fingerprint density at radius 2 is 1.91 bits per heavy atom. The molecule has 1 aliphatic heterocycles. The molecule has 0 spiro atoms. The second kappa shape index (κ2) is 11.6. The summed E-state index contributed by atoms with van der Waals surface area (Å²) in [6, 6.07) is 2.61. The molecule has 1 aromatic carbocycles. The first kappa shape index (κ1) is 29.8. The van der Waals surface area contributed by atoms with Crippen molar-refractivity contribution in [1.29, 1.82) is 0 Å². The zero-order chi connectivity index (χ0) is 31.1. The Bertz CT molecular complexity index is 1780. The van der Waals surface area contributed by atoms with Gasteiger partial charge in [-0.05, 0) is 31.5 Å². The maximum absolute atomic E-state index is 13.7. The van der Waals surface area contributed by atoms with E-state index in [1.54, 1.807) is 16.4 Å². The van der Waals surface area contributed by atoms with Crippen LogP contribution in [-0.2, 0) is 23.9 Å². The fraction of sp³-hybridized carbons (Fsp3) is 0.333. The van der Waals surface area contributed by atoms with Gasteiger partial charge >= 0.3 is 6.18 Å². The quantitative estimate of drug-likeness (QED) is 0.330. The van der Waals surface area contributed by atoms with Crippen molar-refractivity contribution >= 4 is 46.0 Å². The number of nitrogens with zero attached hydrogens (tertiary/aromatic N) is 6. The molecule has 43 heavy (non-hydrogen) atoms. The number of carbonyl (C=O) groups excluding carboxylic acids is 2. The molecule has 0 atom stereocenters. The molecular weight excluding hydrogens is 595 g/mol. The van der Waals surface area contributed by atoms with E-state index >= 15 is 0 Å². The van der Waals surface area contributed by atoms with Crippen LogP contribution in [0.1, 0.15) is 34.4 Å². The number of aromatic nitrogens is 4. The Morgan fingerprint density at radius 3 is 2.51 bits per heavy atom. The van der Waals surface area contributed by atoms with Crippen LogP contribution in [0.3, 0.4) is 0 Å². The molecule has 226 valence electrons. The minimum atomic E-state index is -4.60. The number of hydrogen-bond donors (Lipinski definition) is 2. The van der Waals surface area contributed by atoms with E-state index in [0.29, 0.717) is 23.5 Å². The van der Waals surface area contributed by atoms with Crippen LogP contribution in [0.5, 0.6) is 5.75 Å². The van der Waals surface area contributed by atoms with Gasteiger partial charge in [-0.2, -0.15) is 13.2 Å². The summed E-state index contributed by atoms with van der Waals surface area (Å²) in [5.41, 5.74) is -0.0699. The summed E-state index contributed by atoms with van der Waals surface area (Å²) in [4.78, 5) is 51.8. The van der Waals surface area contributed by atoms with E-state index in [1.807, 2.05) is 6.92 Å². The molecule has 16 heteroatoms. The molecule has 4 heterocycles. The molecule has 4 aromatic rings. The van der Waals surface area contributed by atoms with E-state index in [2.05, 4.69) is 25.0 Å². The Hall–Kier alpha value is -4.66. The Labute approximate surface area is 246 Å². The summed E-state index contributed by atoms with van der Waals surface area (Å²) in [6.45, 7) is 4.08. The first-order valence-corrected chi connectivity index (χ1v) is 13.5. The summed E-state index contributed by atoms with van der Waals surface area (Å²) in [7, 11) is 0. The third-order valence-electron chi connectivity index (χ3n) is 7.00. The molecule has 0 aliphatic carbocycles. The molecule has 5 rings (SSSR count). The maximum atomic E-state index is 13.7. The lowest BCUT2D eigenvalue weighted by atomic mass is 10.1. The van der Waals surface area contributed by atoms with E-state index in [4.69, 9.17) is 11.6 Å². The number of alkyl halides is 3. The lowest BCUT2D eigenvalue weighted by Gasteiger charge is -2.36. The molecule has 0 bridgehead atoms. The summed E-state index contributed by atoms with van der Waals surface area (Å²) in [5, 5.41) is 15.6. The number of piperazine rings is 1. The zero-order valence-electron chi connectivity index (χ0n) is 22.9. The molecule has 0 unspecified atom stereocenters. The van der Waals surface area contributed by atoms with Crippen LogP contribution >= 0.6 is 11.6 Å². The number of benzene rings is 1. The van der Waals surface area contributed by atoms with Crippen molar-refractivity contribution in [2.75, 3.05) is 36.4 Å². The second-order valence-electron chi connectivity index (χ2n) is 9.82. The fourth-order valence-electron chi connectivity index (χ4n) is 4.96. The molecule has 1 saturated heterocycles. The maximum Gasteiger partial charge on any atom is 0.416 e. The van der Waals surface area contributed by atoms with Crippen molar-refractivity contribution in [3.05, 3.63) is 68.6 Å². The second-order valence-corrected chi connectivity index (χ2v) is 10.2. The number of aromatic hydroxyl groups is 1. The molecule has 1 fully saturated rings. The van der Waals surface area contributed by atoms with E-state index < -0.39 is 29.0 Å². The van der Waals surface area contributed by atoms with E-state index in [0.717, 1.165) is 24.5 Å². The SMILES string of the molecule is CCc1c(N2CCN(C(=O)c3nocc3O)CC2)c(=O)c2ncc(C)nc2n1CC(=O)Nc1ccc(C(F)(F)F)cc1Cl. The summed E-state index contributed by atoms with van der Waals surface area (Å²) in [6.07, 6.45) is -1.89. The van der Waals surface area contributed by atoms with E-state index in [-0.39, 0.29) is 66.0 Å². The summed E-state index contributed by atoms with van der Waals surface area (Å²) >= 11 is 6.04. The van der Waals surface area contributed by atoms with Gasteiger partial charge in [0.15, 0.2) is 23.2 Å². The topological polar surface area (TPSA) is 147 Å². The number of rotatable bonds is 6. The van der Waals surface area contributed by atoms with Crippen molar-refractivity contribution in [1.82, 2.24) is 24.6 Å². The van der Waals surface area contributed by atoms with Gasteiger partial charge in [0.05, 0.1) is 22.0 Å². The number of pyridine rings is 1. The summed E-state index contributed by atoms with van der Waals surface area (Å²) < 4.78 is 45.4. The van der Waals surface area contributed by atoms with Crippen LogP contribution in [0, 0.1) is 6.92 Å². The number of aryl methyl sites for hydroxylation is 1. The third-order valence-corrected chi connectivity index (χ3v) is 7.32. The lowest BCUT2D eigenvalue weighted by molar-refractivity contribution is -0.137. The average Bonchev–Trinajstić information content (AvgIpc) is 3.40. The molecule has 2 N–H and O–H groups in total.